The molecule has 0 unspecified atom stereocenters. The first-order chi connectivity index (χ1) is 8.93. The molecule has 2 heteroatoms. The molecule has 1 aliphatic rings. The van der Waals surface area contributed by atoms with E-state index in [-0.39, 0.29) is 0 Å². The monoisotopic (exact) mass is 234 g/mol. The third-order valence-electron chi connectivity index (χ3n) is 3.10. The summed E-state index contributed by atoms with van der Waals surface area (Å²) >= 11 is 0. The molecule has 0 atom stereocenters. The van der Waals surface area contributed by atoms with Gasteiger partial charge in [0.15, 0.2) is 0 Å². The van der Waals surface area contributed by atoms with Crippen LogP contribution < -0.4 is 0 Å². The van der Waals surface area contributed by atoms with Gasteiger partial charge < -0.3 is 0 Å². The number of nitrogens with zero attached hydrogens (tertiary/aromatic N) is 2. The van der Waals surface area contributed by atoms with Crippen molar-refractivity contribution in [3.05, 3.63) is 71.8 Å². The Morgan fingerprint density at radius 2 is 0.944 bits per heavy atom. The van der Waals surface area contributed by atoms with Gasteiger partial charge in [0.2, 0.25) is 0 Å². The van der Waals surface area contributed by atoms with Crippen molar-refractivity contribution in [3.63, 3.8) is 0 Å². The van der Waals surface area contributed by atoms with Crippen LogP contribution in [0.3, 0.4) is 0 Å². The molecule has 0 saturated carbocycles. The lowest BCUT2D eigenvalue weighted by atomic mass is 9.99. The Morgan fingerprint density at radius 3 is 1.28 bits per heavy atom. The molecule has 2 nitrogen and oxygen atoms in total. The first-order valence-electron chi connectivity index (χ1n) is 6.18. The predicted molar refractivity (Wildman–Crippen MR) is 75.2 cm³/mol. The zero-order valence-corrected chi connectivity index (χ0v) is 10.1. The normalized spacial score (nSPS) is 14.9. The third-order valence-corrected chi connectivity index (χ3v) is 3.10. The standard InChI is InChI=1S/C16H14N2/c1-3-7-13(8-4-1)15-11-12-16(18-17-15)14-9-5-2-6-10-14/h1-10H,11-12H2. The molecule has 0 aromatic heterocycles. The Morgan fingerprint density at radius 1 is 0.556 bits per heavy atom. The van der Waals surface area contributed by atoms with Crippen LogP contribution in [-0.2, 0) is 0 Å². The van der Waals surface area contributed by atoms with Gasteiger partial charge in [0.25, 0.3) is 0 Å². The van der Waals surface area contributed by atoms with Crippen LogP contribution in [0.2, 0.25) is 0 Å². The predicted octanol–water partition coefficient (Wildman–Crippen LogP) is 3.67. The molecule has 0 spiro atoms. The van der Waals surface area contributed by atoms with Gasteiger partial charge in [-0.2, -0.15) is 10.2 Å². The van der Waals surface area contributed by atoms with Gasteiger partial charge in [0.1, 0.15) is 0 Å². The minimum atomic E-state index is 0.956. The van der Waals surface area contributed by atoms with Gasteiger partial charge in [-0.05, 0) is 24.0 Å². The van der Waals surface area contributed by atoms with Crippen molar-refractivity contribution in [1.29, 1.82) is 0 Å². The van der Waals surface area contributed by atoms with Crippen LogP contribution in [-0.4, -0.2) is 11.4 Å². The summed E-state index contributed by atoms with van der Waals surface area (Å²) in [5.41, 5.74) is 4.51. The van der Waals surface area contributed by atoms with Gasteiger partial charge in [0, 0.05) is 0 Å². The van der Waals surface area contributed by atoms with Gasteiger partial charge >= 0.3 is 0 Å². The Hall–Kier alpha value is -2.22. The first kappa shape index (κ1) is 10.9. The summed E-state index contributed by atoms with van der Waals surface area (Å²) in [5, 5.41) is 8.72. The second-order valence-electron chi connectivity index (χ2n) is 4.33. The van der Waals surface area contributed by atoms with Crippen LogP contribution in [0.5, 0.6) is 0 Å². The van der Waals surface area contributed by atoms with E-state index in [2.05, 4.69) is 34.5 Å². The molecule has 1 heterocycles. The number of rotatable bonds is 2. The highest BCUT2D eigenvalue weighted by atomic mass is 15.2. The van der Waals surface area contributed by atoms with E-state index < -0.39 is 0 Å². The second-order valence-corrected chi connectivity index (χ2v) is 4.33. The molecule has 0 bridgehead atoms. The van der Waals surface area contributed by atoms with Crippen LogP contribution >= 0.6 is 0 Å². The van der Waals surface area contributed by atoms with E-state index in [0.717, 1.165) is 24.3 Å². The van der Waals surface area contributed by atoms with E-state index in [1.807, 2.05) is 36.4 Å². The molecule has 0 fully saturated rings. The lowest BCUT2D eigenvalue weighted by molar-refractivity contribution is 1.04. The smallest absolute Gasteiger partial charge is 0.0706 e. The topological polar surface area (TPSA) is 24.7 Å². The number of hydrogen-bond donors (Lipinski definition) is 0. The summed E-state index contributed by atoms with van der Waals surface area (Å²) < 4.78 is 0. The molecule has 0 saturated heterocycles. The van der Waals surface area contributed by atoms with Gasteiger partial charge in [-0.15, -0.1) is 0 Å². The van der Waals surface area contributed by atoms with E-state index in [1.54, 1.807) is 0 Å². The van der Waals surface area contributed by atoms with Crippen LogP contribution in [0.25, 0.3) is 0 Å². The minimum absolute atomic E-state index is 0.956. The molecule has 0 radical (unpaired) electrons. The molecule has 0 N–H and O–H groups in total. The Labute approximate surface area is 107 Å². The summed E-state index contributed by atoms with van der Waals surface area (Å²) in [7, 11) is 0. The van der Waals surface area contributed by atoms with Crippen molar-refractivity contribution >= 4 is 11.4 Å². The zero-order chi connectivity index (χ0) is 12.2. The van der Waals surface area contributed by atoms with Crippen LogP contribution in [0.15, 0.2) is 70.9 Å². The largest absolute Gasteiger partial charge is 0.155 e. The lowest BCUT2D eigenvalue weighted by Crippen LogP contribution is -2.11. The average molecular weight is 234 g/mol. The Balaban J connectivity index is 1.88. The van der Waals surface area contributed by atoms with Crippen LogP contribution in [0, 0.1) is 0 Å². The lowest BCUT2D eigenvalue weighted by Gasteiger charge is -2.12. The Bertz CT molecular complexity index is 528. The molecule has 2 aromatic carbocycles. The molecule has 0 amide bonds. The fraction of sp³-hybridized carbons (Fsp3) is 0.125. The summed E-state index contributed by atoms with van der Waals surface area (Å²) in [5.74, 6) is 0. The third kappa shape index (κ3) is 2.23. The summed E-state index contributed by atoms with van der Waals surface area (Å²) in [6, 6.07) is 20.5. The molecule has 88 valence electrons. The highest BCUT2D eigenvalue weighted by Gasteiger charge is 2.12. The highest BCUT2D eigenvalue weighted by molar-refractivity contribution is 6.08. The van der Waals surface area contributed by atoms with Crippen LogP contribution in [0.1, 0.15) is 24.0 Å². The highest BCUT2D eigenvalue weighted by Crippen LogP contribution is 2.16. The SMILES string of the molecule is c1ccc(C2=NN=C(c3ccccc3)CC2)cc1. The Kier molecular flexibility index (Phi) is 3.01. The summed E-state index contributed by atoms with van der Waals surface area (Å²) in [6.45, 7) is 0. The van der Waals surface area contributed by atoms with E-state index >= 15 is 0 Å². The van der Waals surface area contributed by atoms with Crippen molar-refractivity contribution in [2.75, 3.05) is 0 Å². The van der Waals surface area contributed by atoms with E-state index in [4.69, 9.17) is 0 Å². The van der Waals surface area contributed by atoms with Gasteiger partial charge in [-0.3, -0.25) is 0 Å². The summed E-state index contributed by atoms with van der Waals surface area (Å²) in [4.78, 5) is 0. The van der Waals surface area contributed by atoms with Crippen LogP contribution in [0.4, 0.5) is 0 Å². The minimum Gasteiger partial charge on any atom is -0.155 e. The van der Waals surface area contributed by atoms with Gasteiger partial charge in [0.05, 0.1) is 11.4 Å². The maximum atomic E-state index is 4.36. The van der Waals surface area contributed by atoms with Gasteiger partial charge in [-0.1, -0.05) is 60.7 Å². The quantitative estimate of drug-likeness (QED) is 0.757. The average Bonchev–Trinajstić information content (AvgIpc) is 2.49. The van der Waals surface area contributed by atoms with Crippen molar-refractivity contribution in [2.24, 2.45) is 10.2 Å². The van der Waals surface area contributed by atoms with E-state index in [1.165, 1.54) is 11.1 Å². The first-order valence-corrected chi connectivity index (χ1v) is 6.18. The molecule has 2 aromatic rings. The molecule has 0 aliphatic carbocycles. The number of hydrogen-bond acceptors (Lipinski definition) is 2. The van der Waals surface area contributed by atoms with Gasteiger partial charge in [-0.25, -0.2) is 0 Å². The number of benzene rings is 2. The van der Waals surface area contributed by atoms with Crippen molar-refractivity contribution < 1.29 is 0 Å². The fourth-order valence-electron chi connectivity index (χ4n) is 2.12. The van der Waals surface area contributed by atoms with Crippen molar-refractivity contribution in [3.8, 4) is 0 Å². The van der Waals surface area contributed by atoms with Crippen molar-refractivity contribution in [2.45, 2.75) is 12.8 Å². The van der Waals surface area contributed by atoms with E-state index in [9.17, 15) is 0 Å². The molecule has 18 heavy (non-hydrogen) atoms. The summed E-state index contributed by atoms with van der Waals surface area (Å²) in [6.07, 6.45) is 1.91. The zero-order valence-electron chi connectivity index (χ0n) is 10.1. The fourth-order valence-corrected chi connectivity index (χ4v) is 2.12. The molecule has 3 rings (SSSR count). The van der Waals surface area contributed by atoms with Crippen molar-refractivity contribution in [1.82, 2.24) is 0 Å². The molecular weight excluding hydrogens is 220 g/mol. The maximum absolute atomic E-state index is 4.36. The molecular formula is C16H14N2. The molecule has 1 aliphatic heterocycles. The van der Waals surface area contributed by atoms with E-state index in [0.29, 0.717) is 0 Å². The second kappa shape index (κ2) is 4.96. The maximum Gasteiger partial charge on any atom is 0.0706 e.